The molecule has 1 heterocycles. The number of hydrogen-bond acceptors (Lipinski definition) is 3. The highest BCUT2D eigenvalue weighted by Gasteiger charge is 1.95. The Morgan fingerprint density at radius 3 is 1.70 bits per heavy atom. The summed E-state index contributed by atoms with van der Waals surface area (Å²) in [5.74, 6) is 0. The Morgan fingerprint density at radius 1 is 1.20 bits per heavy atom. The molecule has 0 aromatic heterocycles. The van der Waals surface area contributed by atoms with Crippen LogP contribution in [0.3, 0.4) is 0 Å². The molecular formula is C7H16O3. The van der Waals surface area contributed by atoms with Gasteiger partial charge in [-0.3, -0.25) is 0 Å². The van der Waals surface area contributed by atoms with Gasteiger partial charge in [-0.15, -0.1) is 0 Å². The van der Waals surface area contributed by atoms with Gasteiger partial charge in [0.15, 0.2) is 0 Å². The maximum Gasteiger partial charge on any atom is 0.0823 e. The molecule has 1 aliphatic rings. The van der Waals surface area contributed by atoms with Crippen molar-refractivity contribution in [1.29, 1.82) is 0 Å². The standard InChI is InChI=1S/C4H8O2.C3H8O/c1-2-4-6-5-3-1;1-3-4-2/h1-4H2;3H2,1-2H3. The third-order valence-corrected chi connectivity index (χ3v) is 1.08. The molecule has 0 N–H and O–H groups in total. The second kappa shape index (κ2) is 8.88. The summed E-state index contributed by atoms with van der Waals surface area (Å²) in [6.45, 7) is 4.33. The van der Waals surface area contributed by atoms with Crippen molar-refractivity contribution >= 4 is 0 Å². The largest absolute Gasteiger partial charge is 0.385 e. The van der Waals surface area contributed by atoms with Crippen LogP contribution < -0.4 is 0 Å². The number of hydrogen-bond donors (Lipinski definition) is 0. The van der Waals surface area contributed by atoms with Gasteiger partial charge in [-0.25, -0.2) is 9.78 Å². The van der Waals surface area contributed by atoms with Crippen molar-refractivity contribution in [3.8, 4) is 0 Å². The molecule has 1 saturated heterocycles. The smallest absolute Gasteiger partial charge is 0.0823 e. The van der Waals surface area contributed by atoms with E-state index in [2.05, 4.69) is 14.5 Å². The number of methoxy groups -OCH3 is 1. The van der Waals surface area contributed by atoms with E-state index in [1.54, 1.807) is 7.11 Å². The van der Waals surface area contributed by atoms with Crippen LogP contribution in [0.1, 0.15) is 19.8 Å². The lowest BCUT2D eigenvalue weighted by molar-refractivity contribution is -0.312. The fraction of sp³-hybridized carbons (Fsp3) is 1.00. The van der Waals surface area contributed by atoms with E-state index >= 15 is 0 Å². The van der Waals surface area contributed by atoms with Crippen LogP contribution in [0, 0.1) is 0 Å². The molecular weight excluding hydrogens is 132 g/mol. The normalized spacial score (nSPS) is 17.4. The fourth-order valence-corrected chi connectivity index (χ4v) is 0.440. The van der Waals surface area contributed by atoms with Gasteiger partial charge in [0, 0.05) is 13.7 Å². The van der Waals surface area contributed by atoms with Gasteiger partial charge >= 0.3 is 0 Å². The molecule has 0 aromatic rings. The predicted molar refractivity (Wildman–Crippen MR) is 38.7 cm³/mol. The Kier molecular flexibility index (Phi) is 8.77. The minimum Gasteiger partial charge on any atom is -0.385 e. The molecule has 1 rings (SSSR count). The predicted octanol–water partition coefficient (Wildman–Crippen LogP) is 1.38. The molecule has 3 heteroatoms. The van der Waals surface area contributed by atoms with Crippen LogP contribution in [0.5, 0.6) is 0 Å². The molecule has 1 aliphatic heterocycles. The zero-order valence-corrected chi connectivity index (χ0v) is 6.76. The minimum absolute atomic E-state index is 0.778. The van der Waals surface area contributed by atoms with Gasteiger partial charge in [-0.1, -0.05) is 0 Å². The third kappa shape index (κ3) is 7.88. The van der Waals surface area contributed by atoms with Crippen molar-refractivity contribution < 1.29 is 14.5 Å². The maximum absolute atomic E-state index is 4.57. The van der Waals surface area contributed by atoms with E-state index in [0.29, 0.717) is 0 Å². The summed E-state index contributed by atoms with van der Waals surface area (Å²) < 4.78 is 4.54. The van der Waals surface area contributed by atoms with Crippen molar-refractivity contribution in [2.75, 3.05) is 26.9 Å². The van der Waals surface area contributed by atoms with Crippen molar-refractivity contribution in [3.05, 3.63) is 0 Å². The van der Waals surface area contributed by atoms with Gasteiger partial charge in [-0.2, -0.15) is 0 Å². The molecule has 10 heavy (non-hydrogen) atoms. The van der Waals surface area contributed by atoms with Gasteiger partial charge in [0.05, 0.1) is 13.2 Å². The average Bonchev–Trinajstić information content (AvgIpc) is 2.08. The van der Waals surface area contributed by atoms with Gasteiger partial charge in [0.2, 0.25) is 0 Å². The molecule has 3 nitrogen and oxygen atoms in total. The summed E-state index contributed by atoms with van der Waals surface area (Å²) in [5, 5.41) is 0. The van der Waals surface area contributed by atoms with Gasteiger partial charge < -0.3 is 4.74 Å². The molecule has 0 spiro atoms. The highest BCUT2D eigenvalue weighted by Crippen LogP contribution is 1.97. The van der Waals surface area contributed by atoms with Gasteiger partial charge in [-0.05, 0) is 19.8 Å². The van der Waals surface area contributed by atoms with Crippen LogP contribution in [-0.2, 0) is 14.5 Å². The summed E-state index contributed by atoms with van der Waals surface area (Å²) in [6, 6.07) is 0. The Hall–Kier alpha value is -0.120. The zero-order chi connectivity index (χ0) is 7.66. The number of rotatable bonds is 1. The Bertz CT molecular complexity index is 39.3. The van der Waals surface area contributed by atoms with E-state index in [1.807, 2.05) is 6.92 Å². The highest BCUT2D eigenvalue weighted by atomic mass is 17.2. The van der Waals surface area contributed by atoms with Crippen molar-refractivity contribution in [3.63, 3.8) is 0 Å². The molecule has 1 fully saturated rings. The summed E-state index contributed by atoms with van der Waals surface area (Å²) in [4.78, 5) is 9.14. The molecule has 0 radical (unpaired) electrons. The molecule has 0 unspecified atom stereocenters. The van der Waals surface area contributed by atoms with E-state index in [1.165, 1.54) is 0 Å². The van der Waals surface area contributed by atoms with E-state index in [-0.39, 0.29) is 0 Å². The first-order chi connectivity index (χ1) is 4.91. The maximum atomic E-state index is 4.57. The first kappa shape index (κ1) is 9.88. The minimum atomic E-state index is 0.778. The SMILES string of the molecule is C1CCOOC1.CCOC. The van der Waals surface area contributed by atoms with Crippen LogP contribution >= 0.6 is 0 Å². The van der Waals surface area contributed by atoms with E-state index in [9.17, 15) is 0 Å². The summed E-state index contributed by atoms with van der Waals surface area (Å²) in [6.07, 6.45) is 2.31. The molecule has 0 aromatic carbocycles. The molecule has 0 atom stereocenters. The number of ether oxygens (including phenoxy) is 1. The van der Waals surface area contributed by atoms with Crippen LogP contribution in [0.25, 0.3) is 0 Å². The third-order valence-electron chi connectivity index (χ3n) is 1.08. The molecule has 0 saturated carbocycles. The quantitative estimate of drug-likeness (QED) is 0.526. The summed E-state index contributed by atoms with van der Waals surface area (Å²) in [5.41, 5.74) is 0. The van der Waals surface area contributed by atoms with E-state index < -0.39 is 0 Å². The Balaban J connectivity index is 0.000000180. The fourth-order valence-electron chi connectivity index (χ4n) is 0.440. The Labute approximate surface area is 62.2 Å². The monoisotopic (exact) mass is 148 g/mol. The second-order valence-electron chi connectivity index (χ2n) is 1.93. The van der Waals surface area contributed by atoms with Crippen LogP contribution in [0.15, 0.2) is 0 Å². The second-order valence-corrected chi connectivity index (χ2v) is 1.93. The van der Waals surface area contributed by atoms with E-state index in [0.717, 1.165) is 32.7 Å². The van der Waals surface area contributed by atoms with E-state index in [4.69, 9.17) is 0 Å². The first-order valence-electron chi connectivity index (χ1n) is 3.65. The topological polar surface area (TPSA) is 27.7 Å². The van der Waals surface area contributed by atoms with Crippen LogP contribution in [0.2, 0.25) is 0 Å². The lowest BCUT2D eigenvalue weighted by atomic mass is 10.3. The summed E-state index contributed by atoms with van der Waals surface area (Å²) in [7, 11) is 1.68. The molecule has 0 aliphatic carbocycles. The highest BCUT2D eigenvalue weighted by molar-refractivity contribution is 4.36. The van der Waals surface area contributed by atoms with Gasteiger partial charge in [0.1, 0.15) is 0 Å². The Morgan fingerprint density at radius 2 is 1.60 bits per heavy atom. The van der Waals surface area contributed by atoms with Crippen molar-refractivity contribution in [2.24, 2.45) is 0 Å². The molecule has 0 amide bonds. The molecule has 62 valence electrons. The van der Waals surface area contributed by atoms with Crippen molar-refractivity contribution in [1.82, 2.24) is 0 Å². The van der Waals surface area contributed by atoms with Gasteiger partial charge in [0.25, 0.3) is 0 Å². The lowest BCUT2D eigenvalue weighted by Crippen LogP contribution is -2.05. The van der Waals surface area contributed by atoms with Crippen LogP contribution in [0.4, 0.5) is 0 Å². The first-order valence-corrected chi connectivity index (χ1v) is 3.65. The van der Waals surface area contributed by atoms with Crippen molar-refractivity contribution in [2.45, 2.75) is 19.8 Å². The summed E-state index contributed by atoms with van der Waals surface area (Å²) >= 11 is 0. The zero-order valence-electron chi connectivity index (χ0n) is 6.76. The molecule has 0 bridgehead atoms. The van der Waals surface area contributed by atoms with Crippen LogP contribution in [-0.4, -0.2) is 26.9 Å². The average molecular weight is 148 g/mol. The lowest BCUT2D eigenvalue weighted by Gasteiger charge is -2.07.